The second-order valence-electron chi connectivity index (χ2n) is 4.79. The van der Waals surface area contributed by atoms with Gasteiger partial charge in [0.1, 0.15) is 5.00 Å². The van der Waals surface area contributed by atoms with Gasteiger partial charge in [0.05, 0.1) is 10.7 Å². The van der Waals surface area contributed by atoms with Crippen LogP contribution in [0, 0.1) is 0 Å². The molecule has 1 aromatic heterocycles. The van der Waals surface area contributed by atoms with Crippen LogP contribution in [0.15, 0.2) is 35.3 Å². The Kier molecular flexibility index (Phi) is 3.88. The summed E-state index contributed by atoms with van der Waals surface area (Å²) in [6.45, 7) is 0. The molecule has 1 heterocycles. The Hall–Kier alpha value is -1.61. The molecule has 20 heavy (non-hydrogen) atoms. The van der Waals surface area contributed by atoms with Crippen LogP contribution in [0.3, 0.4) is 0 Å². The van der Waals surface area contributed by atoms with Crippen molar-refractivity contribution >= 4 is 39.5 Å². The third-order valence-corrected chi connectivity index (χ3v) is 4.84. The van der Waals surface area contributed by atoms with Crippen molar-refractivity contribution in [3.63, 3.8) is 0 Å². The van der Waals surface area contributed by atoms with Crippen molar-refractivity contribution in [1.29, 1.82) is 0 Å². The molecule has 100 valence electrons. The summed E-state index contributed by atoms with van der Waals surface area (Å²) in [6.07, 6.45) is 4.33. The van der Waals surface area contributed by atoms with E-state index in [0.29, 0.717) is 5.56 Å². The minimum absolute atomic E-state index is 0.0500. The average molecular weight is 299 g/mol. The molecule has 2 nitrogen and oxygen atoms in total. The number of thiocarbonyl (C=S) groups is 1. The molecular weight excluding hydrogens is 286 g/mol. The maximum atomic E-state index is 12.8. The molecule has 0 unspecified atom stereocenters. The van der Waals surface area contributed by atoms with E-state index in [0.717, 1.165) is 29.8 Å². The number of hydrogen-bond donors (Lipinski definition) is 0. The molecule has 0 saturated carbocycles. The van der Waals surface area contributed by atoms with Crippen molar-refractivity contribution in [1.82, 2.24) is 0 Å². The number of carbonyl (C=O) groups is 1. The molecule has 0 N–H and O–H groups in total. The summed E-state index contributed by atoms with van der Waals surface area (Å²) in [4.78, 5) is 18.2. The van der Waals surface area contributed by atoms with Crippen LogP contribution in [0.5, 0.6) is 0 Å². The number of hydrogen-bond acceptors (Lipinski definition) is 4. The number of rotatable bonds is 3. The molecule has 0 amide bonds. The van der Waals surface area contributed by atoms with Gasteiger partial charge in [0.25, 0.3) is 0 Å². The van der Waals surface area contributed by atoms with E-state index in [1.807, 2.05) is 30.3 Å². The fourth-order valence-electron chi connectivity index (χ4n) is 2.64. The second kappa shape index (κ2) is 5.80. The monoisotopic (exact) mass is 299 g/mol. The van der Waals surface area contributed by atoms with Crippen LogP contribution in [0.4, 0.5) is 5.00 Å². The zero-order chi connectivity index (χ0) is 13.9. The number of fused-ring (bicyclic) bond motifs is 1. The predicted molar refractivity (Wildman–Crippen MR) is 85.5 cm³/mol. The van der Waals surface area contributed by atoms with E-state index in [1.165, 1.54) is 16.9 Å². The fraction of sp³-hybridized carbons (Fsp3) is 0.250. The number of thiophene rings is 1. The maximum absolute atomic E-state index is 12.8. The Morgan fingerprint density at radius 2 is 1.95 bits per heavy atom. The molecule has 0 bridgehead atoms. The molecule has 1 aliphatic rings. The van der Waals surface area contributed by atoms with Crippen LogP contribution in [0.25, 0.3) is 0 Å². The lowest BCUT2D eigenvalue weighted by molar-refractivity contribution is 0.103. The van der Waals surface area contributed by atoms with Gasteiger partial charge in [0, 0.05) is 10.4 Å². The molecule has 1 aromatic carbocycles. The molecule has 0 radical (unpaired) electrons. The van der Waals surface area contributed by atoms with Crippen LogP contribution in [0.2, 0.25) is 0 Å². The molecule has 0 saturated heterocycles. The van der Waals surface area contributed by atoms with Gasteiger partial charge in [0.2, 0.25) is 0 Å². The largest absolute Gasteiger partial charge is 0.288 e. The molecule has 3 rings (SSSR count). The van der Waals surface area contributed by atoms with Crippen molar-refractivity contribution in [3.05, 3.63) is 51.9 Å². The second-order valence-corrected chi connectivity index (χ2v) is 6.06. The quantitative estimate of drug-likeness (QED) is 0.471. The molecule has 2 aromatic rings. The highest BCUT2D eigenvalue weighted by atomic mass is 32.1. The van der Waals surface area contributed by atoms with Gasteiger partial charge in [-0.1, -0.05) is 30.3 Å². The molecule has 0 fully saturated rings. The van der Waals surface area contributed by atoms with Gasteiger partial charge >= 0.3 is 0 Å². The van der Waals surface area contributed by atoms with Gasteiger partial charge in [-0.05, 0) is 43.5 Å². The minimum atomic E-state index is 0.0500. The highest BCUT2D eigenvalue weighted by molar-refractivity contribution is 7.78. The zero-order valence-corrected chi connectivity index (χ0v) is 12.5. The van der Waals surface area contributed by atoms with E-state index in [9.17, 15) is 4.79 Å². The summed E-state index contributed by atoms with van der Waals surface area (Å²) < 4.78 is 0. The van der Waals surface area contributed by atoms with E-state index in [1.54, 1.807) is 11.3 Å². The van der Waals surface area contributed by atoms with E-state index < -0.39 is 0 Å². The number of carbonyl (C=O) groups excluding carboxylic acids is 1. The Labute approximate surface area is 127 Å². The van der Waals surface area contributed by atoms with Crippen LogP contribution in [-0.2, 0) is 12.8 Å². The Morgan fingerprint density at radius 3 is 2.70 bits per heavy atom. The molecule has 0 atom stereocenters. The summed E-state index contributed by atoms with van der Waals surface area (Å²) in [7, 11) is 0. The summed E-state index contributed by atoms with van der Waals surface area (Å²) in [5, 5.41) is 3.13. The Bertz CT molecular complexity index is 697. The highest BCUT2D eigenvalue weighted by Gasteiger charge is 2.25. The van der Waals surface area contributed by atoms with E-state index >= 15 is 0 Å². The van der Waals surface area contributed by atoms with Crippen molar-refractivity contribution in [2.24, 2.45) is 4.99 Å². The standard InChI is InChI=1S/C16H13NOS2/c18-15(11-6-2-1-3-7-11)14-12-8-4-5-9-13(12)20-16(14)17-10-19/h1-3,6-7H,4-5,8-9H2. The van der Waals surface area contributed by atoms with E-state index in [4.69, 9.17) is 12.2 Å². The number of ketones is 1. The normalized spacial score (nSPS) is 13.4. The van der Waals surface area contributed by atoms with E-state index in [-0.39, 0.29) is 5.78 Å². The SMILES string of the molecule is O=C(c1ccccc1)c1c(N=C=S)sc2c1CCCC2. The van der Waals surface area contributed by atoms with Crippen LogP contribution in [0.1, 0.15) is 39.2 Å². The first-order valence-electron chi connectivity index (χ1n) is 6.63. The summed E-state index contributed by atoms with van der Waals surface area (Å²) >= 11 is 6.31. The molecule has 1 aliphatic carbocycles. The van der Waals surface area contributed by atoms with Crippen molar-refractivity contribution in [3.8, 4) is 0 Å². The summed E-state index contributed by atoms with van der Waals surface area (Å²) in [5.74, 6) is 0.0500. The molecular formula is C16H13NOS2. The lowest BCUT2D eigenvalue weighted by atomic mass is 9.92. The first kappa shape index (κ1) is 13.4. The first-order valence-corrected chi connectivity index (χ1v) is 7.86. The average Bonchev–Trinajstić information content (AvgIpc) is 2.86. The lowest BCUT2D eigenvalue weighted by Crippen LogP contribution is -2.07. The molecule has 0 spiro atoms. The zero-order valence-electron chi connectivity index (χ0n) is 10.9. The third-order valence-electron chi connectivity index (χ3n) is 3.56. The minimum Gasteiger partial charge on any atom is -0.288 e. The molecule has 4 heteroatoms. The number of isothiocyanates is 1. The Balaban J connectivity index is 2.14. The fourth-order valence-corrected chi connectivity index (χ4v) is 4.01. The van der Waals surface area contributed by atoms with Crippen molar-refractivity contribution in [2.75, 3.05) is 0 Å². The first-order chi connectivity index (χ1) is 9.81. The number of aliphatic imine (C=N–C) groups is 1. The summed E-state index contributed by atoms with van der Waals surface area (Å²) in [6, 6.07) is 9.37. The smallest absolute Gasteiger partial charge is 0.196 e. The molecule has 0 aliphatic heterocycles. The predicted octanol–water partition coefficient (Wildman–Crippen LogP) is 4.59. The highest BCUT2D eigenvalue weighted by Crippen LogP contribution is 2.40. The maximum Gasteiger partial charge on any atom is 0.196 e. The number of benzene rings is 1. The van der Waals surface area contributed by atoms with Crippen LogP contribution < -0.4 is 0 Å². The van der Waals surface area contributed by atoms with Gasteiger partial charge in [0.15, 0.2) is 5.78 Å². The van der Waals surface area contributed by atoms with Crippen LogP contribution in [-0.4, -0.2) is 10.9 Å². The summed E-state index contributed by atoms with van der Waals surface area (Å²) in [5.41, 5.74) is 2.63. The van der Waals surface area contributed by atoms with Gasteiger partial charge in [-0.3, -0.25) is 4.79 Å². The van der Waals surface area contributed by atoms with Gasteiger partial charge in [-0.25, -0.2) is 0 Å². The van der Waals surface area contributed by atoms with E-state index in [2.05, 4.69) is 10.2 Å². The topological polar surface area (TPSA) is 29.4 Å². The van der Waals surface area contributed by atoms with Gasteiger partial charge < -0.3 is 0 Å². The number of aryl methyl sites for hydroxylation is 1. The van der Waals surface area contributed by atoms with Crippen molar-refractivity contribution in [2.45, 2.75) is 25.7 Å². The lowest BCUT2D eigenvalue weighted by Gasteiger charge is -2.12. The number of nitrogens with zero attached hydrogens (tertiary/aromatic N) is 1. The van der Waals surface area contributed by atoms with Gasteiger partial charge in [-0.15, -0.1) is 11.3 Å². The van der Waals surface area contributed by atoms with Gasteiger partial charge in [-0.2, -0.15) is 4.99 Å². The third kappa shape index (κ3) is 2.38. The Morgan fingerprint density at radius 1 is 1.20 bits per heavy atom. The van der Waals surface area contributed by atoms with Crippen molar-refractivity contribution < 1.29 is 4.79 Å². The van der Waals surface area contributed by atoms with Crippen LogP contribution >= 0.6 is 23.6 Å².